The minimum absolute atomic E-state index is 0.118. The second kappa shape index (κ2) is 4.51. The molecule has 5 heteroatoms. The molecule has 0 spiro atoms. The van der Waals surface area contributed by atoms with Crippen LogP contribution in [0, 0.1) is 0 Å². The number of rotatable bonds is 2. The zero-order chi connectivity index (χ0) is 12.5. The average molecular weight is 244 g/mol. The second-order valence-electron chi connectivity index (χ2n) is 4.55. The van der Waals surface area contributed by atoms with Crippen LogP contribution in [0.4, 0.5) is 0 Å². The Morgan fingerprint density at radius 1 is 1.44 bits per heavy atom. The van der Waals surface area contributed by atoms with Crippen molar-refractivity contribution in [2.75, 3.05) is 6.61 Å². The molecule has 0 bridgehead atoms. The fourth-order valence-electron chi connectivity index (χ4n) is 2.48. The van der Waals surface area contributed by atoms with Gasteiger partial charge >= 0.3 is 0 Å². The molecule has 2 aromatic rings. The zero-order valence-electron chi connectivity index (χ0n) is 10.3. The van der Waals surface area contributed by atoms with Crippen molar-refractivity contribution in [1.82, 2.24) is 15.0 Å². The van der Waals surface area contributed by atoms with Crippen LogP contribution in [0.15, 0.2) is 30.5 Å². The summed E-state index contributed by atoms with van der Waals surface area (Å²) in [6.45, 7) is 0.709. The summed E-state index contributed by atoms with van der Waals surface area (Å²) in [7, 11) is 1.84. The summed E-state index contributed by atoms with van der Waals surface area (Å²) in [6, 6.07) is 8.06. The Hall–Kier alpha value is -1.72. The van der Waals surface area contributed by atoms with Gasteiger partial charge in [0, 0.05) is 7.05 Å². The Morgan fingerprint density at radius 3 is 3.06 bits per heavy atom. The Balaban J connectivity index is 1.97. The molecule has 2 atom stereocenters. The van der Waals surface area contributed by atoms with Crippen LogP contribution in [-0.2, 0) is 18.2 Å². The molecule has 94 valence electrons. The number of hydrogen-bond donors (Lipinski definition) is 1. The van der Waals surface area contributed by atoms with Gasteiger partial charge in [-0.3, -0.25) is 4.68 Å². The molecule has 1 aromatic heterocycles. The molecule has 3 rings (SSSR count). The highest BCUT2D eigenvalue weighted by Crippen LogP contribution is 2.34. The number of hydrogen-bond acceptors (Lipinski definition) is 4. The molecule has 2 unspecified atom stereocenters. The van der Waals surface area contributed by atoms with Crippen LogP contribution < -0.4 is 5.73 Å². The molecule has 0 amide bonds. The van der Waals surface area contributed by atoms with Gasteiger partial charge in [-0.2, -0.15) is 0 Å². The van der Waals surface area contributed by atoms with Gasteiger partial charge in [-0.15, -0.1) is 5.10 Å². The summed E-state index contributed by atoms with van der Waals surface area (Å²) in [5, 5.41) is 7.79. The summed E-state index contributed by atoms with van der Waals surface area (Å²) in [5.41, 5.74) is 9.69. The predicted molar refractivity (Wildman–Crippen MR) is 66.8 cm³/mol. The first-order valence-corrected chi connectivity index (χ1v) is 6.07. The lowest BCUT2D eigenvalue weighted by atomic mass is 9.92. The number of nitrogens with two attached hydrogens (primary N) is 1. The molecule has 0 fully saturated rings. The smallest absolute Gasteiger partial charge is 0.104 e. The standard InChI is InChI=1S/C13H16N4O/c1-17-11(8-15-16-17)12(14)13-10-5-3-2-4-9(10)6-7-18-13/h2-5,8,12-13H,6-7,14H2,1H3. The van der Waals surface area contributed by atoms with Gasteiger partial charge in [0.15, 0.2) is 0 Å². The molecule has 0 radical (unpaired) electrons. The summed E-state index contributed by atoms with van der Waals surface area (Å²) in [4.78, 5) is 0. The zero-order valence-corrected chi connectivity index (χ0v) is 10.3. The van der Waals surface area contributed by atoms with Gasteiger partial charge < -0.3 is 10.5 Å². The molecule has 1 aromatic carbocycles. The predicted octanol–water partition coefficient (Wildman–Crippen LogP) is 1.13. The van der Waals surface area contributed by atoms with Crippen molar-refractivity contribution in [3.8, 4) is 0 Å². The van der Waals surface area contributed by atoms with E-state index in [9.17, 15) is 0 Å². The van der Waals surface area contributed by atoms with Gasteiger partial charge in [-0.25, -0.2) is 0 Å². The first-order valence-electron chi connectivity index (χ1n) is 6.07. The van der Waals surface area contributed by atoms with Crippen LogP contribution >= 0.6 is 0 Å². The van der Waals surface area contributed by atoms with Crippen LogP contribution in [0.3, 0.4) is 0 Å². The largest absolute Gasteiger partial charge is 0.371 e. The minimum atomic E-state index is -0.244. The molecule has 1 aliphatic heterocycles. The maximum absolute atomic E-state index is 6.30. The molecule has 5 nitrogen and oxygen atoms in total. The third-order valence-corrected chi connectivity index (χ3v) is 3.45. The first kappa shape index (κ1) is 11.4. The summed E-state index contributed by atoms with van der Waals surface area (Å²) >= 11 is 0. The number of ether oxygens (including phenoxy) is 1. The number of benzene rings is 1. The lowest BCUT2D eigenvalue weighted by Crippen LogP contribution is -2.28. The average Bonchev–Trinajstić information content (AvgIpc) is 2.83. The molecule has 1 aliphatic rings. The van der Waals surface area contributed by atoms with Gasteiger partial charge in [0.2, 0.25) is 0 Å². The molecule has 0 aliphatic carbocycles. The Bertz CT molecular complexity index is 551. The van der Waals surface area contributed by atoms with Crippen LogP contribution in [0.1, 0.15) is 29.0 Å². The topological polar surface area (TPSA) is 66.0 Å². The van der Waals surface area contributed by atoms with Crippen molar-refractivity contribution < 1.29 is 4.74 Å². The third-order valence-electron chi connectivity index (χ3n) is 3.45. The highest BCUT2D eigenvalue weighted by Gasteiger charge is 2.29. The Labute approximate surface area is 106 Å². The lowest BCUT2D eigenvalue weighted by Gasteiger charge is -2.30. The van der Waals surface area contributed by atoms with E-state index in [0.29, 0.717) is 6.61 Å². The molecule has 18 heavy (non-hydrogen) atoms. The van der Waals surface area contributed by atoms with Crippen LogP contribution in [0.2, 0.25) is 0 Å². The molecule has 0 saturated carbocycles. The summed E-state index contributed by atoms with van der Waals surface area (Å²) in [6.07, 6.45) is 2.53. The van der Waals surface area contributed by atoms with Crippen molar-refractivity contribution >= 4 is 0 Å². The van der Waals surface area contributed by atoms with E-state index in [2.05, 4.69) is 28.5 Å². The molecule has 0 saturated heterocycles. The molecular weight excluding hydrogens is 228 g/mol. The van der Waals surface area contributed by atoms with Crippen LogP contribution in [-0.4, -0.2) is 21.6 Å². The SMILES string of the molecule is Cn1nncc1C(N)C1OCCc2ccccc21. The normalized spacial score (nSPS) is 20.4. The quantitative estimate of drug-likeness (QED) is 0.860. The second-order valence-corrected chi connectivity index (χ2v) is 4.55. The van der Waals surface area contributed by atoms with Crippen LogP contribution in [0.5, 0.6) is 0 Å². The van der Waals surface area contributed by atoms with Gasteiger partial charge in [0.05, 0.1) is 24.5 Å². The number of nitrogens with zero attached hydrogens (tertiary/aromatic N) is 3. The van der Waals surface area contributed by atoms with Crippen molar-refractivity contribution in [2.24, 2.45) is 12.8 Å². The van der Waals surface area contributed by atoms with Crippen LogP contribution in [0.25, 0.3) is 0 Å². The van der Waals surface area contributed by atoms with E-state index in [1.165, 1.54) is 11.1 Å². The molecular formula is C13H16N4O. The van der Waals surface area contributed by atoms with Crippen molar-refractivity contribution in [3.63, 3.8) is 0 Å². The van der Waals surface area contributed by atoms with E-state index in [4.69, 9.17) is 10.5 Å². The fraction of sp³-hybridized carbons (Fsp3) is 0.385. The first-order chi connectivity index (χ1) is 8.77. The summed E-state index contributed by atoms with van der Waals surface area (Å²) in [5.74, 6) is 0. The maximum atomic E-state index is 6.30. The number of aromatic nitrogens is 3. The Kier molecular flexibility index (Phi) is 2.85. The minimum Gasteiger partial charge on any atom is -0.371 e. The summed E-state index contributed by atoms with van der Waals surface area (Å²) < 4.78 is 7.55. The van der Waals surface area contributed by atoms with Crippen molar-refractivity contribution in [2.45, 2.75) is 18.6 Å². The molecule has 2 heterocycles. The Morgan fingerprint density at radius 2 is 2.28 bits per heavy atom. The lowest BCUT2D eigenvalue weighted by molar-refractivity contribution is 0.0224. The maximum Gasteiger partial charge on any atom is 0.104 e. The monoisotopic (exact) mass is 244 g/mol. The van der Waals surface area contributed by atoms with E-state index >= 15 is 0 Å². The number of fused-ring (bicyclic) bond motifs is 1. The van der Waals surface area contributed by atoms with E-state index in [1.807, 2.05) is 13.1 Å². The third kappa shape index (κ3) is 1.81. The van der Waals surface area contributed by atoms with Gasteiger partial charge in [-0.1, -0.05) is 29.5 Å². The van der Waals surface area contributed by atoms with E-state index in [1.54, 1.807) is 10.9 Å². The van der Waals surface area contributed by atoms with Gasteiger partial charge in [0.1, 0.15) is 6.10 Å². The van der Waals surface area contributed by atoms with Crippen molar-refractivity contribution in [1.29, 1.82) is 0 Å². The van der Waals surface area contributed by atoms with E-state index < -0.39 is 0 Å². The highest BCUT2D eigenvalue weighted by atomic mass is 16.5. The van der Waals surface area contributed by atoms with Gasteiger partial charge in [-0.05, 0) is 17.5 Å². The van der Waals surface area contributed by atoms with Crippen molar-refractivity contribution in [3.05, 3.63) is 47.3 Å². The molecule has 2 N–H and O–H groups in total. The van der Waals surface area contributed by atoms with E-state index in [0.717, 1.165) is 12.1 Å². The van der Waals surface area contributed by atoms with Gasteiger partial charge in [0.25, 0.3) is 0 Å². The highest BCUT2D eigenvalue weighted by molar-refractivity contribution is 5.32. The fourth-order valence-corrected chi connectivity index (χ4v) is 2.48. The number of aryl methyl sites for hydroxylation is 1. The van der Waals surface area contributed by atoms with E-state index in [-0.39, 0.29) is 12.1 Å².